The molecule has 1 fully saturated rings. The van der Waals surface area contributed by atoms with Crippen molar-refractivity contribution < 1.29 is 14.3 Å². The molecule has 160 valence electrons. The molecule has 0 unspecified atom stereocenters. The van der Waals surface area contributed by atoms with Crippen molar-refractivity contribution in [1.82, 2.24) is 9.80 Å². The minimum Gasteiger partial charge on any atom is -0.497 e. The predicted octanol–water partition coefficient (Wildman–Crippen LogP) is 4.07. The molecular weight excluding hydrogens is 376 g/mol. The topological polar surface area (TPSA) is 42.0 Å². The number of carbonyl (C=O) groups excluding carboxylic acids is 1. The highest BCUT2D eigenvalue weighted by Crippen LogP contribution is 2.46. The summed E-state index contributed by atoms with van der Waals surface area (Å²) in [5, 5.41) is 0. The third-order valence-corrected chi connectivity index (χ3v) is 6.56. The summed E-state index contributed by atoms with van der Waals surface area (Å²) < 4.78 is 11.9. The van der Waals surface area contributed by atoms with Gasteiger partial charge < -0.3 is 14.4 Å². The summed E-state index contributed by atoms with van der Waals surface area (Å²) in [6.45, 7) is 2.95. The zero-order valence-corrected chi connectivity index (χ0v) is 18.3. The van der Waals surface area contributed by atoms with Gasteiger partial charge >= 0.3 is 0 Å². The molecule has 0 bridgehead atoms. The second kappa shape index (κ2) is 8.68. The highest BCUT2D eigenvalue weighted by atomic mass is 16.5. The van der Waals surface area contributed by atoms with E-state index < -0.39 is 0 Å². The summed E-state index contributed by atoms with van der Waals surface area (Å²) in [6, 6.07) is 16.6. The fourth-order valence-corrected chi connectivity index (χ4v) is 4.73. The van der Waals surface area contributed by atoms with Crippen molar-refractivity contribution in [1.29, 1.82) is 0 Å². The summed E-state index contributed by atoms with van der Waals surface area (Å²) in [7, 11) is 5.36. The Hall–Kier alpha value is -2.53. The van der Waals surface area contributed by atoms with Gasteiger partial charge in [0.05, 0.1) is 7.11 Å². The van der Waals surface area contributed by atoms with Crippen LogP contribution < -0.4 is 9.47 Å². The number of fused-ring (bicyclic) bond motifs is 1. The molecule has 2 aliphatic heterocycles. The van der Waals surface area contributed by atoms with Crippen molar-refractivity contribution in [3.63, 3.8) is 0 Å². The molecule has 1 spiro atoms. The van der Waals surface area contributed by atoms with Crippen molar-refractivity contribution in [3.8, 4) is 11.5 Å². The normalized spacial score (nSPS) is 20.3. The highest BCUT2D eigenvalue weighted by Gasteiger charge is 2.43. The van der Waals surface area contributed by atoms with E-state index in [1.807, 2.05) is 38.4 Å². The van der Waals surface area contributed by atoms with E-state index >= 15 is 0 Å². The number of hydrogen-bond donors (Lipinski definition) is 0. The monoisotopic (exact) mass is 408 g/mol. The number of piperidine rings is 1. The molecular formula is C25H32N2O3. The molecule has 2 aromatic carbocycles. The largest absolute Gasteiger partial charge is 0.497 e. The number of benzene rings is 2. The van der Waals surface area contributed by atoms with Gasteiger partial charge in [-0.05, 0) is 48.6 Å². The van der Waals surface area contributed by atoms with E-state index in [-0.39, 0.29) is 17.4 Å². The number of amides is 1. The third kappa shape index (κ3) is 4.46. The van der Waals surface area contributed by atoms with Gasteiger partial charge in [-0.25, -0.2) is 0 Å². The van der Waals surface area contributed by atoms with Crippen LogP contribution in [0.15, 0.2) is 48.5 Å². The Bertz CT molecular complexity index is 870. The maximum Gasteiger partial charge on any atom is 0.222 e. The molecule has 1 saturated heterocycles. The van der Waals surface area contributed by atoms with Crippen LogP contribution >= 0.6 is 0 Å². The molecule has 2 heterocycles. The Kier molecular flexibility index (Phi) is 6.00. The Morgan fingerprint density at radius 3 is 2.50 bits per heavy atom. The molecule has 0 saturated carbocycles. The van der Waals surface area contributed by atoms with E-state index in [1.54, 1.807) is 12.0 Å². The molecule has 0 aliphatic carbocycles. The van der Waals surface area contributed by atoms with Crippen LogP contribution in [0.3, 0.4) is 0 Å². The lowest BCUT2D eigenvalue weighted by Crippen LogP contribution is -2.50. The van der Waals surface area contributed by atoms with Crippen LogP contribution in [0.5, 0.6) is 11.5 Å². The Balaban J connectivity index is 1.44. The van der Waals surface area contributed by atoms with Gasteiger partial charge in [-0.1, -0.05) is 30.3 Å². The van der Waals surface area contributed by atoms with Crippen LogP contribution in [0.4, 0.5) is 0 Å². The summed E-state index contributed by atoms with van der Waals surface area (Å²) in [6.07, 6.45) is 3.44. The second-order valence-electron chi connectivity index (χ2n) is 8.84. The van der Waals surface area contributed by atoms with Gasteiger partial charge in [0.25, 0.3) is 0 Å². The average Bonchev–Trinajstić information content (AvgIpc) is 2.76. The lowest BCUT2D eigenvalue weighted by atomic mass is 9.76. The minimum atomic E-state index is -0.165. The van der Waals surface area contributed by atoms with Crippen molar-refractivity contribution in [3.05, 3.63) is 59.7 Å². The first-order chi connectivity index (χ1) is 14.5. The molecule has 5 heteroatoms. The number of hydrogen-bond acceptors (Lipinski definition) is 4. The zero-order valence-electron chi connectivity index (χ0n) is 18.3. The molecule has 2 aliphatic rings. The van der Waals surface area contributed by atoms with Gasteiger partial charge in [0, 0.05) is 46.1 Å². The van der Waals surface area contributed by atoms with Crippen molar-refractivity contribution >= 4 is 5.91 Å². The van der Waals surface area contributed by atoms with E-state index in [0.717, 1.165) is 50.4 Å². The van der Waals surface area contributed by atoms with Gasteiger partial charge in [0.1, 0.15) is 17.1 Å². The van der Waals surface area contributed by atoms with Crippen LogP contribution in [0.1, 0.15) is 42.7 Å². The number of para-hydroxylation sites is 1. The summed E-state index contributed by atoms with van der Waals surface area (Å²) in [5.41, 5.74) is 2.32. The molecule has 30 heavy (non-hydrogen) atoms. The van der Waals surface area contributed by atoms with E-state index in [2.05, 4.69) is 29.2 Å². The van der Waals surface area contributed by atoms with Crippen LogP contribution in [0.25, 0.3) is 0 Å². The molecule has 5 nitrogen and oxygen atoms in total. The first kappa shape index (κ1) is 20.7. The molecule has 1 amide bonds. The third-order valence-electron chi connectivity index (χ3n) is 6.56. The summed E-state index contributed by atoms with van der Waals surface area (Å²) in [4.78, 5) is 16.7. The van der Waals surface area contributed by atoms with Gasteiger partial charge in [0.2, 0.25) is 5.91 Å². The van der Waals surface area contributed by atoms with Crippen LogP contribution in [-0.2, 0) is 11.3 Å². The SMILES string of the molecule is COc1ccc(CN2CCC3(CC2)C[C@H](CC(=O)N(C)C)c2ccccc2O3)cc1. The molecule has 4 rings (SSSR count). The van der Waals surface area contributed by atoms with E-state index in [0.29, 0.717) is 6.42 Å². The van der Waals surface area contributed by atoms with E-state index in [9.17, 15) is 4.79 Å². The number of likely N-dealkylation sites (tertiary alicyclic amines) is 1. The van der Waals surface area contributed by atoms with Gasteiger partial charge in [-0.3, -0.25) is 9.69 Å². The molecule has 0 radical (unpaired) electrons. The molecule has 0 aromatic heterocycles. The first-order valence-electron chi connectivity index (χ1n) is 10.8. The number of ether oxygens (including phenoxy) is 2. The van der Waals surface area contributed by atoms with Crippen LogP contribution in [0, 0.1) is 0 Å². The van der Waals surface area contributed by atoms with Crippen LogP contribution in [0.2, 0.25) is 0 Å². The quantitative estimate of drug-likeness (QED) is 0.748. The van der Waals surface area contributed by atoms with Crippen molar-refractivity contribution in [2.45, 2.75) is 43.7 Å². The molecule has 0 N–H and O–H groups in total. The Labute approximate surface area is 179 Å². The average molecular weight is 409 g/mol. The summed E-state index contributed by atoms with van der Waals surface area (Å²) >= 11 is 0. The number of rotatable bonds is 5. The summed E-state index contributed by atoms with van der Waals surface area (Å²) in [5.74, 6) is 2.26. The maximum atomic E-state index is 12.5. The van der Waals surface area contributed by atoms with Crippen LogP contribution in [-0.4, -0.2) is 55.6 Å². The number of methoxy groups -OCH3 is 1. The second-order valence-corrected chi connectivity index (χ2v) is 8.84. The van der Waals surface area contributed by atoms with Crippen molar-refractivity contribution in [2.24, 2.45) is 0 Å². The van der Waals surface area contributed by atoms with E-state index in [1.165, 1.54) is 11.1 Å². The fraction of sp³-hybridized carbons (Fsp3) is 0.480. The predicted molar refractivity (Wildman–Crippen MR) is 118 cm³/mol. The standard InChI is InChI=1S/C25H32N2O3/c1-26(2)24(28)16-20-17-25(30-23-7-5-4-6-22(20)23)12-14-27(15-13-25)18-19-8-10-21(29-3)11-9-19/h4-11,20H,12-18H2,1-3H3/t20-/m0/s1. The van der Waals surface area contributed by atoms with E-state index in [4.69, 9.17) is 9.47 Å². The van der Waals surface area contributed by atoms with Crippen molar-refractivity contribution in [2.75, 3.05) is 34.3 Å². The number of carbonyl (C=O) groups is 1. The lowest BCUT2D eigenvalue weighted by molar-refractivity contribution is -0.129. The molecule has 1 atom stereocenters. The smallest absolute Gasteiger partial charge is 0.222 e. The highest BCUT2D eigenvalue weighted by molar-refractivity contribution is 5.76. The zero-order chi connectivity index (χ0) is 21.1. The maximum absolute atomic E-state index is 12.5. The minimum absolute atomic E-state index is 0.165. The fourth-order valence-electron chi connectivity index (χ4n) is 4.73. The lowest BCUT2D eigenvalue weighted by Gasteiger charge is -2.47. The first-order valence-corrected chi connectivity index (χ1v) is 10.8. The number of nitrogens with zero attached hydrogens (tertiary/aromatic N) is 2. The molecule has 2 aromatic rings. The Morgan fingerprint density at radius 1 is 1.13 bits per heavy atom. The van der Waals surface area contributed by atoms with Gasteiger partial charge in [0.15, 0.2) is 0 Å². The Morgan fingerprint density at radius 2 is 1.83 bits per heavy atom. The van der Waals surface area contributed by atoms with Gasteiger partial charge in [-0.2, -0.15) is 0 Å². The van der Waals surface area contributed by atoms with Gasteiger partial charge in [-0.15, -0.1) is 0 Å².